The number of carbonyl (C=O) groups is 1. The molecule has 1 aromatic rings. The molecule has 1 heterocycles. The van der Waals surface area contributed by atoms with Crippen LogP contribution in [0.5, 0.6) is 0 Å². The molecule has 21 heavy (non-hydrogen) atoms. The third kappa shape index (κ3) is 3.13. The number of piperidine rings is 1. The van der Waals surface area contributed by atoms with E-state index in [1.54, 1.807) is 12.1 Å². The van der Waals surface area contributed by atoms with Crippen LogP contribution in [0.15, 0.2) is 18.2 Å². The summed E-state index contributed by atoms with van der Waals surface area (Å²) in [5.41, 5.74) is 2.78. The zero-order chi connectivity index (χ0) is 14.8. The first kappa shape index (κ1) is 14.6. The van der Waals surface area contributed by atoms with Gasteiger partial charge in [0, 0.05) is 12.6 Å². The zero-order valence-electron chi connectivity index (χ0n) is 12.8. The van der Waals surface area contributed by atoms with E-state index in [1.165, 1.54) is 50.6 Å². The molecule has 3 rings (SSSR count). The fraction of sp³-hybridized carbons (Fsp3) is 0.611. The predicted octanol–water partition coefficient (Wildman–Crippen LogP) is 3.85. The van der Waals surface area contributed by atoms with E-state index in [0.717, 1.165) is 24.1 Å². The first-order valence-corrected chi connectivity index (χ1v) is 8.22. The van der Waals surface area contributed by atoms with Gasteiger partial charge in [0.25, 0.3) is 0 Å². The third-order valence-corrected chi connectivity index (χ3v) is 5.32. The van der Waals surface area contributed by atoms with Gasteiger partial charge >= 0.3 is 5.97 Å². The van der Waals surface area contributed by atoms with E-state index in [1.807, 2.05) is 13.0 Å². The highest BCUT2D eigenvalue weighted by Gasteiger charge is 2.33. The van der Waals surface area contributed by atoms with Crippen molar-refractivity contribution in [2.24, 2.45) is 5.92 Å². The Balaban J connectivity index is 1.74. The van der Waals surface area contributed by atoms with Gasteiger partial charge in [-0.3, -0.25) is 4.90 Å². The molecule has 2 fully saturated rings. The lowest BCUT2D eigenvalue weighted by Crippen LogP contribution is -2.46. The van der Waals surface area contributed by atoms with Crippen molar-refractivity contribution in [2.45, 2.75) is 58.0 Å². The maximum Gasteiger partial charge on any atom is 0.335 e. The predicted molar refractivity (Wildman–Crippen MR) is 83.5 cm³/mol. The van der Waals surface area contributed by atoms with Crippen molar-refractivity contribution in [1.82, 2.24) is 4.90 Å². The van der Waals surface area contributed by atoms with Crippen molar-refractivity contribution in [3.63, 3.8) is 0 Å². The average molecular weight is 287 g/mol. The van der Waals surface area contributed by atoms with E-state index in [0.29, 0.717) is 5.56 Å². The number of carboxylic acids is 1. The van der Waals surface area contributed by atoms with Gasteiger partial charge in [0.05, 0.1) is 5.56 Å². The van der Waals surface area contributed by atoms with Crippen molar-refractivity contribution < 1.29 is 9.90 Å². The van der Waals surface area contributed by atoms with Gasteiger partial charge in [-0.25, -0.2) is 4.79 Å². The molecule has 0 radical (unpaired) electrons. The molecule has 3 heteroatoms. The van der Waals surface area contributed by atoms with Gasteiger partial charge in [-0.2, -0.15) is 0 Å². The lowest BCUT2D eigenvalue weighted by atomic mass is 9.78. The molecule has 1 N–H and O–H groups in total. The van der Waals surface area contributed by atoms with Gasteiger partial charge < -0.3 is 5.11 Å². The Morgan fingerprint density at radius 3 is 2.76 bits per heavy atom. The molecule has 0 aromatic heterocycles. The normalized spacial score (nSPS) is 26.3. The number of aryl methyl sites for hydroxylation is 1. The molecule has 1 saturated carbocycles. The van der Waals surface area contributed by atoms with E-state index < -0.39 is 5.97 Å². The summed E-state index contributed by atoms with van der Waals surface area (Å²) in [6.45, 7) is 4.21. The molecule has 2 aliphatic rings. The number of hydrogen-bond acceptors (Lipinski definition) is 2. The van der Waals surface area contributed by atoms with Crippen molar-refractivity contribution >= 4 is 5.97 Å². The minimum absolute atomic E-state index is 0.394. The number of hydrogen-bond donors (Lipinski definition) is 1. The Kier molecular flexibility index (Phi) is 4.29. The third-order valence-electron chi connectivity index (χ3n) is 5.32. The van der Waals surface area contributed by atoms with Gasteiger partial charge in [-0.05, 0) is 68.3 Å². The fourth-order valence-corrected chi connectivity index (χ4v) is 4.15. The molecule has 1 saturated heterocycles. The van der Waals surface area contributed by atoms with Crippen LogP contribution in [0.1, 0.15) is 60.0 Å². The number of aromatic carboxylic acids is 1. The number of fused-ring (bicyclic) bond motifs is 1. The summed E-state index contributed by atoms with van der Waals surface area (Å²) in [4.78, 5) is 13.7. The summed E-state index contributed by atoms with van der Waals surface area (Å²) < 4.78 is 0. The van der Waals surface area contributed by atoms with Crippen molar-refractivity contribution in [1.29, 1.82) is 0 Å². The maximum absolute atomic E-state index is 11.0. The summed E-state index contributed by atoms with van der Waals surface area (Å²) in [6.07, 6.45) is 8.23. The first-order chi connectivity index (χ1) is 10.1. The Morgan fingerprint density at radius 2 is 2.00 bits per heavy atom. The fourth-order valence-electron chi connectivity index (χ4n) is 4.15. The average Bonchev–Trinajstić information content (AvgIpc) is 2.49. The zero-order valence-corrected chi connectivity index (χ0v) is 12.8. The summed E-state index contributed by atoms with van der Waals surface area (Å²) >= 11 is 0. The Hall–Kier alpha value is -1.35. The number of benzene rings is 1. The SMILES string of the molecule is Cc1cc(C(=O)O)ccc1CN1CCCC2CCCCC21. The van der Waals surface area contributed by atoms with Gasteiger partial charge in [-0.1, -0.05) is 18.9 Å². The summed E-state index contributed by atoms with van der Waals surface area (Å²) in [5.74, 6) is 0.0565. The molecule has 3 nitrogen and oxygen atoms in total. The molecule has 2 atom stereocenters. The number of likely N-dealkylation sites (tertiary alicyclic amines) is 1. The standard InChI is InChI=1S/C18H25NO2/c1-13-11-15(18(20)21)8-9-16(13)12-19-10-4-6-14-5-2-3-7-17(14)19/h8-9,11,14,17H,2-7,10,12H2,1H3,(H,20,21). The number of rotatable bonds is 3. The van der Waals surface area contributed by atoms with Crippen LogP contribution >= 0.6 is 0 Å². The second-order valence-electron chi connectivity index (χ2n) is 6.67. The summed E-state index contributed by atoms with van der Waals surface area (Å²) in [5, 5.41) is 9.07. The van der Waals surface area contributed by atoms with E-state index >= 15 is 0 Å². The smallest absolute Gasteiger partial charge is 0.335 e. The Labute approximate surface area is 127 Å². The molecule has 1 aliphatic heterocycles. The summed E-state index contributed by atoms with van der Waals surface area (Å²) in [7, 11) is 0. The van der Waals surface area contributed by atoms with Crippen molar-refractivity contribution in [3.8, 4) is 0 Å². The Bertz CT molecular complexity index is 524. The van der Waals surface area contributed by atoms with Crippen LogP contribution in [0.4, 0.5) is 0 Å². The van der Waals surface area contributed by atoms with Crippen LogP contribution in [0.2, 0.25) is 0 Å². The molecule has 2 unspecified atom stereocenters. The van der Waals surface area contributed by atoms with Crippen molar-refractivity contribution in [3.05, 3.63) is 34.9 Å². The molecule has 0 spiro atoms. The molecule has 1 aliphatic carbocycles. The minimum atomic E-state index is -0.838. The second-order valence-corrected chi connectivity index (χ2v) is 6.67. The lowest BCUT2D eigenvalue weighted by molar-refractivity contribution is 0.0545. The molecular weight excluding hydrogens is 262 g/mol. The quantitative estimate of drug-likeness (QED) is 0.918. The highest BCUT2D eigenvalue weighted by molar-refractivity contribution is 5.87. The first-order valence-electron chi connectivity index (χ1n) is 8.22. The molecule has 1 aromatic carbocycles. The van der Waals surface area contributed by atoms with Crippen LogP contribution < -0.4 is 0 Å². The van der Waals surface area contributed by atoms with Gasteiger partial charge in [-0.15, -0.1) is 0 Å². The topological polar surface area (TPSA) is 40.5 Å². The van der Waals surface area contributed by atoms with E-state index in [-0.39, 0.29) is 0 Å². The van der Waals surface area contributed by atoms with Crippen molar-refractivity contribution in [2.75, 3.05) is 6.54 Å². The van der Waals surface area contributed by atoms with Crippen LogP contribution in [-0.2, 0) is 6.54 Å². The molecule has 0 amide bonds. The van der Waals surface area contributed by atoms with E-state index in [2.05, 4.69) is 4.90 Å². The van der Waals surface area contributed by atoms with Gasteiger partial charge in [0.2, 0.25) is 0 Å². The number of carboxylic acid groups (broad SMARTS) is 1. The van der Waals surface area contributed by atoms with Gasteiger partial charge in [0.1, 0.15) is 0 Å². The van der Waals surface area contributed by atoms with E-state index in [9.17, 15) is 4.79 Å². The lowest BCUT2D eigenvalue weighted by Gasteiger charge is -2.44. The monoisotopic (exact) mass is 287 g/mol. The largest absolute Gasteiger partial charge is 0.478 e. The number of nitrogens with zero attached hydrogens (tertiary/aromatic N) is 1. The highest BCUT2D eigenvalue weighted by atomic mass is 16.4. The molecule has 0 bridgehead atoms. The maximum atomic E-state index is 11.0. The van der Waals surface area contributed by atoms with Crippen LogP contribution in [0.25, 0.3) is 0 Å². The van der Waals surface area contributed by atoms with Crippen LogP contribution in [-0.4, -0.2) is 28.6 Å². The molecule has 114 valence electrons. The van der Waals surface area contributed by atoms with Crippen LogP contribution in [0, 0.1) is 12.8 Å². The minimum Gasteiger partial charge on any atom is -0.478 e. The van der Waals surface area contributed by atoms with Crippen LogP contribution in [0.3, 0.4) is 0 Å². The van der Waals surface area contributed by atoms with Gasteiger partial charge in [0.15, 0.2) is 0 Å². The Morgan fingerprint density at radius 1 is 1.24 bits per heavy atom. The highest BCUT2D eigenvalue weighted by Crippen LogP contribution is 2.36. The second kappa shape index (κ2) is 6.18. The molecular formula is C18H25NO2. The van der Waals surface area contributed by atoms with E-state index in [4.69, 9.17) is 5.11 Å². The summed E-state index contributed by atoms with van der Waals surface area (Å²) in [6, 6.07) is 6.31.